The lowest BCUT2D eigenvalue weighted by molar-refractivity contribution is 0.268. The van der Waals surface area contributed by atoms with Crippen molar-refractivity contribution in [1.29, 1.82) is 0 Å². The van der Waals surface area contributed by atoms with Crippen LogP contribution in [0.5, 0.6) is 0 Å². The van der Waals surface area contributed by atoms with Crippen LogP contribution in [0.3, 0.4) is 0 Å². The van der Waals surface area contributed by atoms with Crippen LogP contribution in [0.1, 0.15) is 18.7 Å². The first-order valence-corrected chi connectivity index (χ1v) is 7.77. The Morgan fingerprint density at radius 3 is 2.65 bits per heavy atom. The molecule has 1 saturated heterocycles. The zero-order valence-electron chi connectivity index (χ0n) is 12.9. The zero-order valence-corrected chi connectivity index (χ0v) is 14.6. The van der Waals surface area contributed by atoms with E-state index in [-0.39, 0.29) is 24.8 Å². The van der Waals surface area contributed by atoms with Gasteiger partial charge >= 0.3 is 0 Å². The summed E-state index contributed by atoms with van der Waals surface area (Å²) in [5, 5.41) is 0. The summed E-state index contributed by atoms with van der Waals surface area (Å²) in [7, 11) is 0. The second-order valence-corrected chi connectivity index (χ2v) is 6.34. The summed E-state index contributed by atoms with van der Waals surface area (Å²) >= 11 is 0. The van der Waals surface area contributed by atoms with Crippen LogP contribution < -0.4 is 5.73 Å². The van der Waals surface area contributed by atoms with Crippen molar-refractivity contribution in [3.63, 3.8) is 0 Å². The Bertz CT molecular complexity index is 619. The summed E-state index contributed by atoms with van der Waals surface area (Å²) in [5.41, 5.74) is 7.27. The molecule has 2 heterocycles. The van der Waals surface area contributed by atoms with Crippen molar-refractivity contribution in [1.82, 2.24) is 9.88 Å². The van der Waals surface area contributed by atoms with Crippen LogP contribution in [-0.4, -0.2) is 29.0 Å². The van der Waals surface area contributed by atoms with Gasteiger partial charge in [0.1, 0.15) is 0 Å². The van der Waals surface area contributed by atoms with E-state index in [1.54, 1.807) is 0 Å². The Morgan fingerprint density at radius 2 is 1.91 bits per heavy atom. The van der Waals surface area contributed by atoms with Gasteiger partial charge in [-0.15, -0.1) is 24.8 Å². The molecular formula is C17H23Cl2N3O. The van der Waals surface area contributed by atoms with Crippen LogP contribution in [0.4, 0.5) is 0 Å². The lowest BCUT2D eigenvalue weighted by atomic mass is 9.98. The third kappa shape index (κ3) is 3.72. The first-order chi connectivity index (χ1) is 10.3. The molecule has 2 fully saturated rings. The molecule has 126 valence electrons. The van der Waals surface area contributed by atoms with Gasteiger partial charge in [0.2, 0.25) is 5.89 Å². The summed E-state index contributed by atoms with van der Waals surface area (Å²) in [6, 6.07) is 10.5. The average Bonchev–Trinajstić information content (AvgIpc) is 3.19. The number of hydrogen-bond acceptors (Lipinski definition) is 4. The molecular weight excluding hydrogens is 333 g/mol. The first kappa shape index (κ1) is 18.3. The Hall–Kier alpha value is -1.07. The summed E-state index contributed by atoms with van der Waals surface area (Å²) in [6.45, 7) is 3.03. The smallest absolute Gasteiger partial charge is 0.209 e. The van der Waals surface area contributed by atoms with E-state index in [1.165, 1.54) is 12.8 Å². The van der Waals surface area contributed by atoms with Crippen LogP contribution in [0.2, 0.25) is 0 Å². The van der Waals surface area contributed by atoms with Crippen molar-refractivity contribution >= 4 is 24.8 Å². The predicted molar refractivity (Wildman–Crippen MR) is 95.9 cm³/mol. The van der Waals surface area contributed by atoms with Crippen molar-refractivity contribution in [3.8, 4) is 11.3 Å². The number of benzene rings is 1. The molecule has 6 heteroatoms. The summed E-state index contributed by atoms with van der Waals surface area (Å²) in [6.07, 6.45) is 4.30. The maximum Gasteiger partial charge on any atom is 0.209 e. The second-order valence-electron chi connectivity index (χ2n) is 6.34. The standard InChI is InChI=1S/C17H21N3O.2ClH/c18-15-7-6-13-9-20(10-14(13)15)11-17-19-8-16(21-17)12-4-2-1-3-5-12;;/h1-5,8,13-15H,6-7,9-11,18H2;2*1H. The van der Waals surface area contributed by atoms with E-state index in [1.807, 2.05) is 36.5 Å². The quantitative estimate of drug-likeness (QED) is 0.916. The molecule has 1 aliphatic carbocycles. The Morgan fingerprint density at radius 1 is 1.13 bits per heavy atom. The van der Waals surface area contributed by atoms with Gasteiger partial charge in [0, 0.05) is 24.7 Å². The van der Waals surface area contributed by atoms with E-state index >= 15 is 0 Å². The van der Waals surface area contributed by atoms with E-state index in [9.17, 15) is 0 Å². The minimum absolute atomic E-state index is 0. The lowest BCUT2D eigenvalue weighted by Gasteiger charge is -2.16. The number of aromatic nitrogens is 1. The minimum Gasteiger partial charge on any atom is -0.439 e. The number of hydrogen-bond donors (Lipinski definition) is 1. The van der Waals surface area contributed by atoms with Crippen LogP contribution in [0.15, 0.2) is 40.9 Å². The molecule has 0 spiro atoms. The number of likely N-dealkylation sites (tertiary alicyclic amines) is 1. The minimum atomic E-state index is 0. The molecule has 1 aromatic carbocycles. The highest BCUT2D eigenvalue weighted by Gasteiger charge is 2.41. The largest absolute Gasteiger partial charge is 0.439 e. The van der Waals surface area contributed by atoms with Gasteiger partial charge < -0.3 is 10.2 Å². The highest BCUT2D eigenvalue weighted by molar-refractivity contribution is 5.85. The SMILES string of the molecule is Cl.Cl.NC1CCC2CN(Cc3ncc(-c4ccccc4)o3)CC12. The molecule has 3 atom stereocenters. The van der Waals surface area contributed by atoms with Gasteiger partial charge in [0.05, 0.1) is 12.7 Å². The highest BCUT2D eigenvalue weighted by atomic mass is 35.5. The number of halogens is 2. The van der Waals surface area contributed by atoms with E-state index in [0.29, 0.717) is 12.0 Å². The van der Waals surface area contributed by atoms with Gasteiger partial charge in [-0.3, -0.25) is 4.90 Å². The van der Waals surface area contributed by atoms with E-state index in [0.717, 1.165) is 42.8 Å². The summed E-state index contributed by atoms with van der Waals surface area (Å²) in [5.74, 6) is 3.11. The maximum absolute atomic E-state index is 6.19. The van der Waals surface area contributed by atoms with Gasteiger partial charge in [-0.1, -0.05) is 30.3 Å². The molecule has 1 aliphatic heterocycles. The Balaban J connectivity index is 0.000000960. The fourth-order valence-corrected chi connectivity index (χ4v) is 3.84. The molecule has 3 unspecified atom stereocenters. The van der Waals surface area contributed by atoms with Gasteiger partial charge in [0.25, 0.3) is 0 Å². The lowest BCUT2D eigenvalue weighted by Crippen LogP contribution is -2.30. The molecule has 0 radical (unpaired) electrons. The fourth-order valence-electron chi connectivity index (χ4n) is 3.84. The van der Waals surface area contributed by atoms with Crippen LogP contribution >= 0.6 is 24.8 Å². The van der Waals surface area contributed by atoms with Gasteiger partial charge in [0.15, 0.2) is 5.76 Å². The van der Waals surface area contributed by atoms with Crippen LogP contribution in [0, 0.1) is 11.8 Å². The van der Waals surface area contributed by atoms with Gasteiger partial charge in [-0.2, -0.15) is 0 Å². The van der Waals surface area contributed by atoms with E-state index < -0.39 is 0 Å². The van der Waals surface area contributed by atoms with Gasteiger partial charge in [-0.05, 0) is 24.7 Å². The molecule has 2 N–H and O–H groups in total. The molecule has 4 rings (SSSR count). The zero-order chi connectivity index (χ0) is 14.2. The average molecular weight is 356 g/mol. The van der Waals surface area contributed by atoms with Crippen molar-refractivity contribution in [3.05, 3.63) is 42.4 Å². The third-order valence-electron chi connectivity index (χ3n) is 4.96. The Kier molecular flexibility index (Phi) is 6.09. The monoisotopic (exact) mass is 355 g/mol. The van der Waals surface area contributed by atoms with Crippen molar-refractivity contribution in [2.75, 3.05) is 13.1 Å². The molecule has 2 aromatic rings. The normalized spacial score (nSPS) is 26.4. The number of oxazole rings is 1. The topological polar surface area (TPSA) is 55.3 Å². The molecule has 0 amide bonds. The fraction of sp³-hybridized carbons (Fsp3) is 0.471. The van der Waals surface area contributed by atoms with Crippen molar-refractivity contribution < 1.29 is 4.42 Å². The molecule has 0 bridgehead atoms. The highest BCUT2D eigenvalue weighted by Crippen LogP contribution is 2.37. The number of fused-ring (bicyclic) bond motifs is 1. The summed E-state index contributed by atoms with van der Waals surface area (Å²) < 4.78 is 5.90. The van der Waals surface area contributed by atoms with E-state index in [4.69, 9.17) is 10.2 Å². The number of rotatable bonds is 3. The van der Waals surface area contributed by atoms with Gasteiger partial charge in [-0.25, -0.2) is 4.98 Å². The Labute approximate surface area is 149 Å². The summed E-state index contributed by atoms with van der Waals surface area (Å²) in [4.78, 5) is 6.87. The predicted octanol–water partition coefficient (Wildman–Crippen LogP) is 3.35. The molecule has 2 aliphatic rings. The first-order valence-electron chi connectivity index (χ1n) is 7.77. The third-order valence-corrected chi connectivity index (χ3v) is 4.96. The molecule has 1 saturated carbocycles. The number of nitrogens with zero attached hydrogens (tertiary/aromatic N) is 2. The maximum atomic E-state index is 6.19. The molecule has 1 aromatic heterocycles. The van der Waals surface area contributed by atoms with Crippen molar-refractivity contribution in [2.45, 2.75) is 25.4 Å². The second kappa shape index (κ2) is 7.67. The molecule has 23 heavy (non-hydrogen) atoms. The van der Waals surface area contributed by atoms with Crippen molar-refractivity contribution in [2.24, 2.45) is 17.6 Å². The van der Waals surface area contributed by atoms with E-state index in [2.05, 4.69) is 9.88 Å². The number of nitrogens with two attached hydrogens (primary N) is 1. The van der Waals surface area contributed by atoms with Crippen LogP contribution in [0.25, 0.3) is 11.3 Å². The van der Waals surface area contributed by atoms with Crippen LogP contribution in [-0.2, 0) is 6.54 Å². The molecule has 4 nitrogen and oxygen atoms in total.